The number of amides is 1. The van der Waals surface area contributed by atoms with Gasteiger partial charge in [-0.1, -0.05) is 13.3 Å². The second kappa shape index (κ2) is 6.86. The van der Waals surface area contributed by atoms with Gasteiger partial charge in [0.25, 0.3) is 5.91 Å². The normalized spacial score (nSPS) is 25.6. The van der Waals surface area contributed by atoms with E-state index in [4.69, 9.17) is 5.14 Å². The predicted octanol–water partition coefficient (Wildman–Crippen LogP) is 0.381. The number of thiophene rings is 1. The molecule has 4 N–H and O–H groups in total. The van der Waals surface area contributed by atoms with Crippen molar-refractivity contribution < 1.29 is 23.4 Å². The highest BCUT2D eigenvalue weighted by molar-refractivity contribution is 7.89. The molecule has 0 spiro atoms. The van der Waals surface area contributed by atoms with E-state index in [1.54, 1.807) is 0 Å². The summed E-state index contributed by atoms with van der Waals surface area (Å²) in [5, 5.41) is 26.7. The number of piperidine rings is 1. The first-order chi connectivity index (χ1) is 10.7. The summed E-state index contributed by atoms with van der Waals surface area (Å²) in [6.07, 6.45) is 1.13. The Labute approximate surface area is 139 Å². The molecule has 0 saturated carbocycles. The second-order valence-corrected chi connectivity index (χ2v) is 8.39. The van der Waals surface area contributed by atoms with Crippen LogP contribution in [0.25, 0.3) is 0 Å². The Morgan fingerprint density at radius 2 is 2.26 bits per heavy atom. The van der Waals surface area contributed by atoms with Gasteiger partial charge in [0.1, 0.15) is 9.77 Å². The summed E-state index contributed by atoms with van der Waals surface area (Å²) in [4.78, 5) is 13.9. The summed E-state index contributed by atoms with van der Waals surface area (Å²) in [5.74, 6) is -0.453. The average molecular weight is 362 g/mol. The smallest absolute Gasteiger partial charge is 0.265 e. The molecule has 1 aromatic heterocycles. The highest BCUT2D eigenvalue weighted by Gasteiger charge is 2.42. The zero-order chi connectivity index (χ0) is 17.3. The van der Waals surface area contributed by atoms with Crippen LogP contribution in [0, 0.1) is 5.41 Å². The number of hydrogen-bond donors (Lipinski definition) is 3. The second-order valence-electron chi connectivity index (χ2n) is 5.95. The van der Waals surface area contributed by atoms with Crippen molar-refractivity contribution in [2.75, 3.05) is 19.7 Å². The van der Waals surface area contributed by atoms with Crippen molar-refractivity contribution in [3.8, 4) is 0 Å². The lowest BCUT2D eigenvalue weighted by Gasteiger charge is -2.44. The monoisotopic (exact) mass is 362 g/mol. The molecule has 0 radical (unpaired) electrons. The van der Waals surface area contributed by atoms with Gasteiger partial charge in [0, 0.05) is 18.5 Å². The Balaban J connectivity index is 2.20. The molecule has 23 heavy (non-hydrogen) atoms. The van der Waals surface area contributed by atoms with Gasteiger partial charge in [-0.05, 0) is 24.3 Å². The zero-order valence-electron chi connectivity index (χ0n) is 12.9. The van der Waals surface area contributed by atoms with E-state index in [2.05, 4.69) is 0 Å². The van der Waals surface area contributed by atoms with Crippen LogP contribution in [0.15, 0.2) is 16.3 Å². The maximum atomic E-state index is 12.6. The molecular weight excluding hydrogens is 340 g/mol. The van der Waals surface area contributed by atoms with E-state index in [-0.39, 0.29) is 22.9 Å². The SMILES string of the molecule is CCC[C@]1(CO)CCN(C(=O)c2sccc2S(N)(=O)=O)C[C@H]1O. The lowest BCUT2D eigenvalue weighted by Crippen LogP contribution is -2.54. The van der Waals surface area contributed by atoms with Crippen molar-refractivity contribution in [1.29, 1.82) is 0 Å². The molecule has 0 unspecified atom stereocenters. The zero-order valence-corrected chi connectivity index (χ0v) is 14.6. The molecule has 1 aromatic rings. The molecular formula is C14H22N2O5S2. The van der Waals surface area contributed by atoms with Gasteiger partial charge in [-0.25, -0.2) is 13.6 Å². The number of carbonyl (C=O) groups excluding carboxylic acids is 1. The number of aliphatic hydroxyl groups is 2. The molecule has 1 aliphatic heterocycles. The highest BCUT2D eigenvalue weighted by atomic mass is 32.2. The Morgan fingerprint density at radius 1 is 1.57 bits per heavy atom. The summed E-state index contributed by atoms with van der Waals surface area (Å²) in [6, 6.07) is 1.31. The van der Waals surface area contributed by atoms with Gasteiger partial charge in [-0.2, -0.15) is 0 Å². The Morgan fingerprint density at radius 3 is 2.78 bits per heavy atom. The first kappa shape index (κ1) is 18.3. The van der Waals surface area contributed by atoms with Crippen molar-refractivity contribution in [3.63, 3.8) is 0 Å². The molecule has 9 heteroatoms. The summed E-state index contributed by atoms with van der Waals surface area (Å²) < 4.78 is 23.1. The van der Waals surface area contributed by atoms with Gasteiger partial charge in [0.2, 0.25) is 10.0 Å². The third-order valence-electron chi connectivity index (χ3n) is 4.46. The number of nitrogens with two attached hydrogens (primary N) is 1. The van der Waals surface area contributed by atoms with E-state index in [1.165, 1.54) is 16.3 Å². The number of rotatable bonds is 5. The first-order valence-electron chi connectivity index (χ1n) is 7.43. The number of hydrogen-bond acceptors (Lipinski definition) is 6. The van der Waals surface area contributed by atoms with Crippen LogP contribution in [0.4, 0.5) is 0 Å². The number of carbonyl (C=O) groups is 1. The number of sulfonamides is 1. The third-order valence-corrected chi connectivity index (χ3v) is 6.44. The molecule has 1 amide bonds. The third kappa shape index (κ3) is 3.58. The number of β-amino-alcohol motifs (C(OH)–C–C–N with tert-alkyl or cyclic N) is 1. The van der Waals surface area contributed by atoms with Gasteiger partial charge in [-0.3, -0.25) is 4.79 Å². The summed E-state index contributed by atoms with van der Waals surface area (Å²) >= 11 is 1.01. The van der Waals surface area contributed by atoms with Crippen LogP contribution in [0.5, 0.6) is 0 Å². The van der Waals surface area contributed by atoms with Gasteiger partial charge in [-0.15, -0.1) is 11.3 Å². The molecule has 2 heterocycles. The predicted molar refractivity (Wildman–Crippen MR) is 86.6 cm³/mol. The van der Waals surface area contributed by atoms with Crippen molar-refractivity contribution in [3.05, 3.63) is 16.3 Å². The number of aliphatic hydroxyl groups excluding tert-OH is 2. The van der Waals surface area contributed by atoms with Gasteiger partial charge < -0.3 is 15.1 Å². The van der Waals surface area contributed by atoms with Crippen molar-refractivity contribution in [1.82, 2.24) is 4.90 Å². The van der Waals surface area contributed by atoms with E-state index in [0.717, 1.165) is 17.8 Å². The molecule has 1 aliphatic rings. The Hall–Kier alpha value is -1.00. The molecule has 2 rings (SSSR count). The van der Waals surface area contributed by atoms with E-state index >= 15 is 0 Å². The van der Waals surface area contributed by atoms with Gasteiger partial charge in [0.05, 0.1) is 12.7 Å². The van der Waals surface area contributed by atoms with Crippen LogP contribution in [-0.4, -0.2) is 55.2 Å². The molecule has 1 fully saturated rings. The molecule has 7 nitrogen and oxygen atoms in total. The molecule has 0 aromatic carbocycles. The fourth-order valence-corrected chi connectivity index (χ4v) is 5.01. The summed E-state index contributed by atoms with van der Waals surface area (Å²) in [6.45, 7) is 2.27. The summed E-state index contributed by atoms with van der Waals surface area (Å²) in [5.41, 5.74) is -0.593. The van der Waals surface area contributed by atoms with E-state index < -0.39 is 27.4 Å². The first-order valence-corrected chi connectivity index (χ1v) is 9.86. The van der Waals surface area contributed by atoms with Crippen LogP contribution >= 0.6 is 11.3 Å². The van der Waals surface area contributed by atoms with Crippen LogP contribution in [-0.2, 0) is 10.0 Å². The number of primary sulfonamides is 1. The topological polar surface area (TPSA) is 121 Å². The maximum Gasteiger partial charge on any atom is 0.265 e. The minimum Gasteiger partial charge on any atom is -0.396 e. The quantitative estimate of drug-likeness (QED) is 0.699. The number of nitrogens with zero attached hydrogens (tertiary/aromatic N) is 1. The maximum absolute atomic E-state index is 12.6. The Kier molecular flexibility index (Phi) is 5.47. The molecule has 130 valence electrons. The van der Waals surface area contributed by atoms with Gasteiger partial charge >= 0.3 is 0 Å². The van der Waals surface area contributed by atoms with Crippen LogP contribution < -0.4 is 5.14 Å². The number of likely N-dealkylation sites (tertiary alicyclic amines) is 1. The fraction of sp³-hybridized carbons (Fsp3) is 0.643. The molecule has 1 saturated heterocycles. The molecule has 0 aliphatic carbocycles. The highest BCUT2D eigenvalue weighted by Crippen LogP contribution is 2.37. The van der Waals surface area contributed by atoms with Crippen LogP contribution in [0.2, 0.25) is 0 Å². The minimum atomic E-state index is -3.96. The van der Waals surface area contributed by atoms with Crippen LogP contribution in [0.1, 0.15) is 35.9 Å². The minimum absolute atomic E-state index is 0.0617. The standard InChI is InChI=1S/C14H22N2O5S2/c1-2-4-14(9-17)5-6-16(8-11(14)18)13(19)12-10(3-7-22-12)23(15,20)21/h3,7,11,17-18H,2,4-6,8-9H2,1H3,(H2,15,20,21)/t11-,14-/m1/s1. The van der Waals surface area contributed by atoms with E-state index in [9.17, 15) is 23.4 Å². The van der Waals surface area contributed by atoms with Crippen molar-refractivity contribution >= 4 is 27.3 Å². The van der Waals surface area contributed by atoms with E-state index in [0.29, 0.717) is 19.4 Å². The Bertz CT molecular complexity index is 672. The van der Waals surface area contributed by atoms with Crippen LogP contribution in [0.3, 0.4) is 0 Å². The van der Waals surface area contributed by atoms with Crippen molar-refractivity contribution in [2.45, 2.75) is 37.2 Å². The lowest BCUT2D eigenvalue weighted by molar-refractivity contribution is -0.0713. The fourth-order valence-electron chi connectivity index (χ4n) is 3.08. The van der Waals surface area contributed by atoms with E-state index in [1.807, 2.05) is 6.92 Å². The molecule has 2 atom stereocenters. The van der Waals surface area contributed by atoms with Gasteiger partial charge in [0.15, 0.2) is 0 Å². The van der Waals surface area contributed by atoms with Crippen molar-refractivity contribution in [2.24, 2.45) is 10.6 Å². The average Bonchev–Trinajstić information content (AvgIpc) is 2.98. The largest absolute Gasteiger partial charge is 0.396 e. The molecule has 0 bridgehead atoms. The lowest BCUT2D eigenvalue weighted by atomic mass is 9.73. The summed E-state index contributed by atoms with van der Waals surface area (Å²) in [7, 11) is -3.96.